The number of amides is 1. The largest absolute Gasteiger partial charge is 0.456 e. The summed E-state index contributed by atoms with van der Waals surface area (Å²) in [5, 5.41) is 3.22. The van der Waals surface area contributed by atoms with Gasteiger partial charge in [-0.25, -0.2) is 4.79 Å². The first-order chi connectivity index (χ1) is 13.7. The molecule has 0 saturated carbocycles. The molecule has 0 aromatic heterocycles. The number of hydrogen-bond acceptors (Lipinski definition) is 4. The van der Waals surface area contributed by atoms with Crippen LogP contribution in [0.1, 0.15) is 52.1 Å². The Kier molecular flexibility index (Phi) is 7.97. The lowest BCUT2D eigenvalue weighted by atomic mass is 10.0. The summed E-state index contributed by atoms with van der Waals surface area (Å²) < 4.78 is 5.24. The van der Waals surface area contributed by atoms with Gasteiger partial charge in [0.25, 0.3) is 5.91 Å². The third-order valence-corrected chi connectivity index (χ3v) is 4.68. The average Bonchev–Trinajstić information content (AvgIpc) is 2.65. The van der Waals surface area contributed by atoms with Crippen LogP contribution in [0.4, 0.5) is 0 Å². The number of esters is 1. The van der Waals surface area contributed by atoms with Crippen molar-refractivity contribution in [1.29, 1.82) is 0 Å². The maximum absolute atomic E-state index is 12.6. The predicted octanol–water partition coefficient (Wildman–Crippen LogP) is 4.53. The van der Waals surface area contributed by atoms with Crippen LogP contribution in [0.5, 0.6) is 0 Å². The second-order valence-corrected chi connectivity index (χ2v) is 7.95. The number of carbonyl (C=O) groups is 3. The van der Waals surface area contributed by atoms with E-state index in [1.807, 2.05) is 39.8 Å². The summed E-state index contributed by atoms with van der Waals surface area (Å²) in [6.07, 6.45) is 0.399. The molecule has 0 aliphatic carbocycles. The predicted molar refractivity (Wildman–Crippen MR) is 113 cm³/mol. The first kappa shape index (κ1) is 22.6. The smallest absolute Gasteiger partial charge is 0.329 e. The van der Waals surface area contributed by atoms with Gasteiger partial charge in [0.15, 0.2) is 6.61 Å². The van der Waals surface area contributed by atoms with Crippen molar-refractivity contribution in [2.45, 2.75) is 40.2 Å². The highest BCUT2D eigenvalue weighted by Gasteiger charge is 2.25. The Bertz CT molecular complexity index is 890. The molecule has 2 aromatic carbocycles. The normalized spacial score (nSPS) is 11.8. The second kappa shape index (κ2) is 10.2. The molecule has 1 amide bonds. The lowest BCUT2D eigenvalue weighted by Gasteiger charge is -2.19. The molecule has 154 valence electrons. The Morgan fingerprint density at radius 1 is 1.03 bits per heavy atom. The van der Waals surface area contributed by atoms with Crippen LogP contribution in [-0.4, -0.2) is 30.3 Å². The van der Waals surface area contributed by atoms with E-state index in [-0.39, 0.29) is 18.3 Å². The van der Waals surface area contributed by atoms with E-state index in [1.54, 1.807) is 30.3 Å². The monoisotopic (exact) mass is 415 g/mol. The number of ketones is 1. The molecule has 0 radical (unpaired) electrons. The Morgan fingerprint density at radius 2 is 1.69 bits per heavy atom. The van der Waals surface area contributed by atoms with Gasteiger partial charge in [0.05, 0.1) is 0 Å². The number of Topliss-reactive ketones (excluding diaryl/α,β-unsaturated/α-hetero) is 1. The minimum Gasteiger partial charge on any atom is -0.456 e. The molecule has 0 aliphatic heterocycles. The Balaban J connectivity index is 2.03. The molecule has 2 rings (SSSR count). The number of hydrogen-bond donors (Lipinski definition) is 1. The summed E-state index contributed by atoms with van der Waals surface area (Å²) in [6.45, 7) is 7.30. The quantitative estimate of drug-likeness (QED) is 0.508. The van der Waals surface area contributed by atoms with Gasteiger partial charge in [0.2, 0.25) is 5.78 Å². The van der Waals surface area contributed by atoms with Crippen LogP contribution in [0.25, 0.3) is 0 Å². The summed E-state index contributed by atoms with van der Waals surface area (Å²) >= 11 is 5.84. The lowest BCUT2D eigenvalue weighted by Crippen LogP contribution is -2.43. The molecular formula is C23H26ClNO4. The fourth-order valence-corrected chi connectivity index (χ4v) is 3.10. The number of carbonyl (C=O) groups excluding carboxylic acids is 3. The van der Waals surface area contributed by atoms with E-state index in [1.165, 1.54) is 0 Å². The summed E-state index contributed by atoms with van der Waals surface area (Å²) in [7, 11) is 0. The zero-order valence-electron chi connectivity index (χ0n) is 17.1. The number of rotatable bonds is 8. The van der Waals surface area contributed by atoms with Crippen molar-refractivity contribution >= 4 is 29.3 Å². The minimum absolute atomic E-state index is 0.146. The number of aryl methyl sites for hydroxylation is 2. The summed E-state index contributed by atoms with van der Waals surface area (Å²) in [4.78, 5) is 37.4. The molecule has 0 heterocycles. The highest BCUT2D eigenvalue weighted by atomic mass is 35.5. The maximum atomic E-state index is 12.6. The van der Waals surface area contributed by atoms with Crippen LogP contribution in [0.15, 0.2) is 42.5 Å². The fraction of sp³-hybridized carbons (Fsp3) is 0.348. The first-order valence-electron chi connectivity index (χ1n) is 9.51. The maximum Gasteiger partial charge on any atom is 0.329 e. The van der Waals surface area contributed by atoms with Gasteiger partial charge in [0.1, 0.15) is 6.04 Å². The molecule has 29 heavy (non-hydrogen) atoms. The van der Waals surface area contributed by atoms with Crippen molar-refractivity contribution in [2.75, 3.05) is 6.61 Å². The van der Waals surface area contributed by atoms with Crippen molar-refractivity contribution in [1.82, 2.24) is 5.32 Å². The van der Waals surface area contributed by atoms with Crippen LogP contribution in [-0.2, 0) is 9.53 Å². The molecule has 1 N–H and O–H groups in total. The van der Waals surface area contributed by atoms with Gasteiger partial charge < -0.3 is 10.1 Å². The summed E-state index contributed by atoms with van der Waals surface area (Å²) in [6, 6.07) is 11.0. The zero-order chi connectivity index (χ0) is 21.6. The highest BCUT2D eigenvalue weighted by molar-refractivity contribution is 6.30. The molecule has 0 fully saturated rings. The van der Waals surface area contributed by atoms with Gasteiger partial charge in [-0.2, -0.15) is 0 Å². The Morgan fingerprint density at radius 3 is 2.28 bits per heavy atom. The van der Waals surface area contributed by atoms with Gasteiger partial charge in [-0.1, -0.05) is 49.2 Å². The minimum atomic E-state index is -0.843. The number of benzene rings is 2. The average molecular weight is 416 g/mol. The third-order valence-electron chi connectivity index (χ3n) is 4.43. The number of halogens is 1. The molecule has 0 saturated heterocycles. The van der Waals surface area contributed by atoms with Gasteiger partial charge in [-0.3, -0.25) is 9.59 Å². The molecule has 1 atom stereocenters. The second-order valence-electron chi connectivity index (χ2n) is 7.51. The SMILES string of the molecule is Cc1ccc(C(=O)COC(=O)[C@H](CC(C)C)NC(=O)c2ccc(Cl)cc2)c(C)c1. The van der Waals surface area contributed by atoms with Gasteiger partial charge in [-0.05, 0) is 56.0 Å². The molecule has 2 aromatic rings. The fourth-order valence-electron chi connectivity index (χ4n) is 2.97. The van der Waals surface area contributed by atoms with E-state index in [9.17, 15) is 14.4 Å². The Labute approximate surface area is 176 Å². The van der Waals surface area contributed by atoms with Crippen LogP contribution < -0.4 is 5.32 Å². The van der Waals surface area contributed by atoms with Crippen molar-refractivity contribution in [3.8, 4) is 0 Å². The molecule has 0 spiro atoms. The van der Waals surface area contributed by atoms with Crippen molar-refractivity contribution in [3.63, 3.8) is 0 Å². The summed E-state index contributed by atoms with van der Waals surface area (Å²) in [5.41, 5.74) is 2.80. The van der Waals surface area contributed by atoms with E-state index < -0.39 is 17.9 Å². The highest BCUT2D eigenvalue weighted by Crippen LogP contribution is 2.14. The van der Waals surface area contributed by atoms with E-state index in [0.717, 1.165) is 11.1 Å². The van der Waals surface area contributed by atoms with Gasteiger partial charge in [-0.15, -0.1) is 0 Å². The van der Waals surface area contributed by atoms with E-state index >= 15 is 0 Å². The molecule has 0 unspecified atom stereocenters. The molecule has 6 heteroatoms. The molecule has 0 bridgehead atoms. The van der Waals surface area contributed by atoms with E-state index in [0.29, 0.717) is 22.6 Å². The van der Waals surface area contributed by atoms with Gasteiger partial charge >= 0.3 is 5.97 Å². The van der Waals surface area contributed by atoms with Crippen molar-refractivity contribution in [2.24, 2.45) is 5.92 Å². The first-order valence-corrected chi connectivity index (χ1v) is 9.88. The molecule has 0 aliphatic rings. The number of nitrogens with one attached hydrogen (secondary N) is 1. The van der Waals surface area contributed by atoms with E-state index in [2.05, 4.69) is 5.32 Å². The number of ether oxygens (including phenoxy) is 1. The third kappa shape index (κ3) is 6.71. The standard InChI is InChI=1S/C23H26ClNO4/c1-14(2)11-20(25-22(27)17-6-8-18(24)9-7-17)23(28)29-13-21(26)19-10-5-15(3)12-16(19)4/h5-10,12,14,20H,11,13H2,1-4H3,(H,25,27)/t20-/m0/s1. The molecule has 5 nitrogen and oxygen atoms in total. The zero-order valence-corrected chi connectivity index (χ0v) is 17.9. The van der Waals surface area contributed by atoms with Crippen LogP contribution >= 0.6 is 11.6 Å². The lowest BCUT2D eigenvalue weighted by molar-refractivity contribution is -0.145. The van der Waals surface area contributed by atoms with Gasteiger partial charge in [0, 0.05) is 16.1 Å². The van der Waals surface area contributed by atoms with Crippen molar-refractivity contribution in [3.05, 3.63) is 69.7 Å². The van der Waals surface area contributed by atoms with E-state index in [4.69, 9.17) is 16.3 Å². The van der Waals surface area contributed by atoms with Crippen LogP contribution in [0.2, 0.25) is 5.02 Å². The summed E-state index contributed by atoms with van der Waals surface area (Å²) in [5.74, 6) is -1.15. The van der Waals surface area contributed by atoms with Crippen LogP contribution in [0, 0.1) is 19.8 Å². The molecular weight excluding hydrogens is 390 g/mol. The Hall–Kier alpha value is -2.66. The van der Waals surface area contributed by atoms with Crippen LogP contribution in [0.3, 0.4) is 0 Å². The van der Waals surface area contributed by atoms with Crippen molar-refractivity contribution < 1.29 is 19.1 Å². The topological polar surface area (TPSA) is 72.5 Å².